The number of piperidine rings is 2. The standard InChI is InChI=1S/C32H55N9O4/c1-6-38(20-19-37-13-7-8-14-37)31-33-27-28(29(35-31)39-15-9-25(44-4)10-16-39)34-32(41(21-23-42-2)22-24-43-3)36-30(27)40-17-11-26(45-5)12-18-40/h25-26H,6-24H2,1-5H3. The van der Waals surface area contributed by atoms with E-state index in [9.17, 15) is 0 Å². The number of fused-ring (bicyclic) bond motifs is 1. The summed E-state index contributed by atoms with van der Waals surface area (Å²) in [6, 6.07) is 0. The number of ether oxygens (including phenoxy) is 4. The van der Waals surface area contributed by atoms with Crippen LogP contribution in [0.1, 0.15) is 45.4 Å². The first kappa shape index (κ1) is 33.8. The number of hydrogen-bond acceptors (Lipinski definition) is 13. The third-order valence-corrected chi connectivity index (χ3v) is 9.60. The maximum Gasteiger partial charge on any atom is 0.228 e. The van der Waals surface area contributed by atoms with Gasteiger partial charge in [-0.2, -0.15) is 9.97 Å². The number of aromatic nitrogens is 4. The number of anilines is 4. The predicted molar refractivity (Wildman–Crippen MR) is 179 cm³/mol. The molecule has 2 aromatic rings. The molecule has 5 heterocycles. The van der Waals surface area contributed by atoms with Crippen LogP contribution in [-0.4, -0.2) is 151 Å². The van der Waals surface area contributed by atoms with Crippen molar-refractivity contribution in [2.45, 2.75) is 57.7 Å². The van der Waals surface area contributed by atoms with Crippen molar-refractivity contribution in [1.29, 1.82) is 0 Å². The van der Waals surface area contributed by atoms with Gasteiger partial charge in [0.25, 0.3) is 0 Å². The zero-order valence-electron chi connectivity index (χ0n) is 28.2. The highest BCUT2D eigenvalue weighted by Gasteiger charge is 2.30. The maximum atomic E-state index is 5.72. The van der Waals surface area contributed by atoms with E-state index in [1.54, 1.807) is 14.2 Å². The molecule has 0 bridgehead atoms. The summed E-state index contributed by atoms with van der Waals surface area (Å²) < 4.78 is 22.4. The summed E-state index contributed by atoms with van der Waals surface area (Å²) in [5.41, 5.74) is 1.63. The number of hydrogen-bond donors (Lipinski definition) is 0. The Morgan fingerprint density at radius 1 is 0.622 bits per heavy atom. The Morgan fingerprint density at radius 2 is 1.09 bits per heavy atom. The molecule has 5 rings (SSSR count). The van der Waals surface area contributed by atoms with Gasteiger partial charge in [-0.05, 0) is 58.5 Å². The lowest BCUT2D eigenvalue weighted by Gasteiger charge is -2.35. The summed E-state index contributed by atoms with van der Waals surface area (Å²) in [7, 11) is 7.07. The van der Waals surface area contributed by atoms with Crippen molar-refractivity contribution < 1.29 is 18.9 Å². The zero-order chi connectivity index (χ0) is 31.6. The fourth-order valence-electron chi connectivity index (χ4n) is 6.68. The van der Waals surface area contributed by atoms with Crippen LogP contribution in [0, 0.1) is 0 Å². The van der Waals surface area contributed by atoms with Gasteiger partial charge in [-0.25, -0.2) is 9.97 Å². The molecule has 0 saturated carbocycles. The van der Waals surface area contributed by atoms with Crippen LogP contribution in [0.2, 0.25) is 0 Å². The summed E-state index contributed by atoms with van der Waals surface area (Å²) in [5, 5.41) is 0. The molecule has 45 heavy (non-hydrogen) atoms. The lowest BCUT2D eigenvalue weighted by atomic mass is 10.1. The van der Waals surface area contributed by atoms with Crippen molar-refractivity contribution >= 4 is 34.6 Å². The summed E-state index contributed by atoms with van der Waals surface area (Å²) in [6.45, 7) is 13.1. The topological polar surface area (TPSA) is 105 Å². The predicted octanol–water partition coefficient (Wildman–Crippen LogP) is 2.67. The van der Waals surface area contributed by atoms with Gasteiger partial charge in [0.2, 0.25) is 11.9 Å². The molecule has 0 N–H and O–H groups in total. The number of rotatable bonds is 16. The Bertz CT molecular complexity index is 1180. The van der Waals surface area contributed by atoms with Gasteiger partial charge in [0.1, 0.15) is 11.0 Å². The molecule has 0 unspecified atom stereocenters. The van der Waals surface area contributed by atoms with Crippen molar-refractivity contribution in [2.75, 3.05) is 133 Å². The minimum Gasteiger partial charge on any atom is -0.383 e. The Morgan fingerprint density at radius 3 is 1.51 bits per heavy atom. The zero-order valence-corrected chi connectivity index (χ0v) is 28.2. The highest BCUT2D eigenvalue weighted by Crippen LogP contribution is 2.35. The van der Waals surface area contributed by atoms with E-state index in [4.69, 9.17) is 38.9 Å². The minimum atomic E-state index is 0.262. The SMILES string of the molecule is CCN(CCN1CCCC1)c1nc(N2CCC(OC)CC2)c2nc(N(CCOC)CCOC)nc(N3CCC(OC)CC3)c2n1. The van der Waals surface area contributed by atoms with Crippen molar-refractivity contribution in [3.8, 4) is 0 Å². The quantitative estimate of drug-likeness (QED) is 0.272. The molecule has 252 valence electrons. The van der Waals surface area contributed by atoms with Gasteiger partial charge >= 0.3 is 0 Å². The van der Waals surface area contributed by atoms with Crippen LogP contribution >= 0.6 is 0 Å². The van der Waals surface area contributed by atoms with Crippen molar-refractivity contribution in [3.63, 3.8) is 0 Å². The largest absolute Gasteiger partial charge is 0.383 e. The molecule has 0 amide bonds. The molecule has 0 aliphatic carbocycles. The lowest BCUT2D eigenvalue weighted by molar-refractivity contribution is 0.0817. The molecule has 3 fully saturated rings. The van der Waals surface area contributed by atoms with Crippen LogP contribution < -0.4 is 19.6 Å². The molecular formula is C32H55N9O4. The monoisotopic (exact) mass is 629 g/mol. The van der Waals surface area contributed by atoms with E-state index in [0.29, 0.717) is 32.3 Å². The van der Waals surface area contributed by atoms with Crippen LogP contribution in [-0.2, 0) is 18.9 Å². The van der Waals surface area contributed by atoms with E-state index in [-0.39, 0.29) is 12.2 Å². The second-order valence-electron chi connectivity index (χ2n) is 12.3. The van der Waals surface area contributed by atoms with Gasteiger partial charge in [0, 0.05) is 87.3 Å². The number of nitrogens with zero attached hydrogens (tertiary/aromatic N) is 9. The van der Waals surface area contributed by atoms with E-state index in [2.05, 4.69) is 31.4 Å². The Labute approximate surface area is 269 Å². The van der Waals surface area contributed by atoms with Crippen LogP contribution in [0.25, 0.3) is 11.0 Å². The number of likely N-dealkylation sites (N-methyl/N-ethyl adjacent to an activating group) is 1. The fourth-order valence-corrected chi connectivity index (χ4v) is 6.68. The average Bonchev–Trinajstić information content (AvgIpc) is 3.62. The molecule has 13 heteroatoms. The van der Waals surface area contributed by atoms with E-state index in [1.807, 2.05) is 14.2 Å². The molecule has 13 nitrogen and oxygen atoms in total. The van der Waals surface area contributed by atoms with Crippen LogP contribution in [0.3, 0.4) is 0 Å². The number of methoxy groups -OCH3 is 4. The molecular weight excluding hydrogens is 574 g/mol. The molecule has 0 spiro atoms. The van der Waals surface area contributed by atoms with E-state index in [0.717, 1.165) is 100 Å². The van der Waals surface area contributed by atoms with Crippen LogP contribution in [0.15, 0.2) is 0 Å². The summed E-state index contributed by atoms with van der Waals surface area (Å²) >= 11 is 0. The Balaban J connectivity index is 1.62. The minimum absolute atomic E-state index is 0.262. The van der Waals surface area contributed by atoms with Crippen LogP contribution in [0.5, 0.6) is 0 Å². The van der Waals surface area contributed by atoms with Gasteiger partial charge in [-0.15, -0.1) is 0 Å². The first-order valence-corrected chi connectivity index (χ1v) is 16.9. The van der Waals surface area contributed by atoms with Crippen molar-refractivity contribution in [1.82, 2.24) is 24.8 Å². The van der Waals surface area contributed by atoms with Gasteiger partial charge < -0.3 is 43.4 Å². The molecule has 3 aliphatic rings. The first-order chi connectivity index (χ1) is 22.1. The summed E-state index contributed by atoms with van der Waals surface area (Å²) in [6.07, 6.45) is 6.89. The van der Waals surface area contributed by atoms with E-state index in [1.165, 1.54) is 25.9 Å². The highest BCUT2D eigenvalue weighted by atomic mass is 16.5. The third-order valence-electron chi connectivity index (χ3n) is 9.60. The van der Waals surface area contributed by atoms with Crippen LogP contribution in [0.4, 0.5) is 23.5 Å². The molecule has 0 radical (unpaired) electrons. The molecule has 0 aromatic carbocycles. The lowest BCUT2D eigenvalue weighted by Crippen LogP contribution is -2.40. The van der Waals surface area contributed by atoms with E-state index >= 15 is 0 Å². The third kappa shape index (κ3) is 8.42. The number of likely N-dealkylation sites (tertiary alicyclic amines) is 1. The van der Waals surface area contributed by atoms with Gasteiger partial charge in [0.05, 0.1) is 25.4 Å². The smallest absolute Gasteiger partial charge is 0.228 e. The van der Waals surface area contributed by atoms with E-state index < -0.39 is 0 Å². The highest BCUT2D eigenvalue weighted by molar-refractivity contribution is 5.95. The molecule has 0 atom stereocenters. The molecule has 3 aliphatic heterocycles. The fraction of sp³-hybridized carbons (Fsp3) is 0.812. The van der Waals surface area contributed by atoms with Crippen molar-refractivity contribution in [3.05, 3.63) is 0 Å². The summed E-state index contributed by atoms with van der Waals surface area (Å²) in [4.78, 5) is 32.9. The second kappa shape index (κ2) is 16.8. The average molecular weight is 630 g/mol. The Kier molecular flexibility index (Phi) is 12.6. The summed E-state index contributed by atoms with van der Waals surface area (Å²) in [5.74, 6) is 3.18. The maximum absolute atomic E-state index is 5.72. The van der Waals surface area contributed by atoms with Gasteiger partial charge in [0.15, 0.2) is 11.6 Å². The van der Waals surface area contributed by atoms with Gasteiger partial charge in [-0.3, -0.25) is 0 Å². The molecule has 3 saturated heterocycles. The second-order valence-corrected chi connectivity index (χ2v) is 12.3. The normalized spacial score (nSPS) is 18.8. The Hall–Kier alpha value is -2.58. The van der Waals surface area contributed by atoms with Gasteiger partial charge in [-0.1, -0.05) is 0 Å². The first-order valence-electron chi connectivity index (χ1n) is 16.9. The molecule has 2 aromatic heterocycles. The van der Waals surface area contributed by atoms with Crippen molar-refractivity contribution in [2.24, 2.45) is 0 Å².